The van der Waals surface area contributed by atoms with Crippen LogP contribution in [0.4, 0.5) is 0 Å². The maximum Gasteiger partial charge on any atom is 0.263 e. The van der Waals surface area contributed by atoms with Crippen LogP contribution in [0.25, 0.3) is 10.2 Å². The van der Waals surface area contributed by atoms with Crippen LogP contribution in [0, 0.1) is 0 Å². The molecule has 0 unspecified atom stereocenters. The van der Waals surface area contributed by atoms with Crippen LogP contribution in [-0.4, -0.2) is 38.7 Å². The summed E-state index contributed by atoms with van der Waals surface area (Å²) >= 11 is 2.93. The maximum absolute atomic E-state index is 13.1. The summed E-state index contributed by atoms with van der Waals surface area (Å²) in [6.07, 6.45) is 6.19. The van der Waals surface area contributed by atoms with E-state index < -0.39 is 0 Å². The van der Waals surface area contributed by atoms with E-state index >= 15 is 0 Å². The van der Waals surface area contributed by atoms with Crippen molar-refractivity contribution in [1.82, 2.24) is 14.5 Å². The summed E-state index contributed by atoms with van der Waals surface area (Å²) in [5.74, 6) is 0.654. The molecule has 0 spiro atoms. The van der Waals surface area contributed by atoms with Crippen molar-refractivity contribution >= 4 is 39.2 Å². The first-order valence-corrected chi connectivity index (χ1v) is 10.9. The highest BCUT2D eigenvalue weighted by atomic mass is 32.2. The smallest absolute Gasteiger partial charge is 0.263 e. The fourth-order valence-corrected chi connectivity index (χ4v) is 5.57. The molecule has 138 valence electrons. The Morgan fingerprint density at radius 1 is 1.46 bits per heavy atom. The van der Waals surface area contributed by atoms with E-state index in [1.165, 1.54) is 23.1 Å². The van der Waals surface area contributed by atoms with E-state index in [0.29, 0.717) is 17.6 Å². The van der Waals surface area contributed by atoms with Crippen molar-refractivity contribution in [2.45, 2.75) is 55.5 Å². The van der Waals surface area contributed by atoms with E-state index in [9.17, 15) is 9.59 Å². The number of thioether (sulfide) groups is 1. The third-order valence-corrected chi connectivity index (χ3v) is 7.03. The molecule has 1 saturated heterocycles. The zero-order valence-electron chi connectivity index (χ0n) is 14.9. The van der Waals surface area contributed by atoms with Gasteiger partial charge in [0.25, 0.3) is 5.56 Å². The second kappa shape index (κ2) is 7.19. The first-order valence-electron chi connectivity index (χ1n) is 9.18. The van der Waals surface area contributed by atoms with E-state index in [0.717, 1.165) is 54.6 Å². The average molecular weight is 390 g/mol. The van der Waals surface area contributed by atoms with Gasteiger partial charge in [-0.05, 0) is 49.5 Å². The molecule has 3 heterocycles. The van der Waals surface area contributed by atoms with E-state index in [1.54, 1.807) is 10.6 Å². The number of allylic oxidation sites excluding steroid dienone is 1. The number of amides is 1. The van der Waals surface area contributed by atoms with Crippen LogP contribution in [0.2, 0.25) is 0 Å². The molecule has 0 radical (unpaired) electrons. The number of nitrogens with zero attached hydrogens (tertiary/aromatic N) is 3. The molecular weight excluding hydrogens is 366 g/mol. The summed E-state index contributed by atoms with van der Waals surface area (Å²) in [7, 11) is 0. The fourth-order valence-electron chi connectivity index (χ4n) is 3.50. The Balaban J connectivity index is 1.69. The first kappa shape index (κ1) is 17.8. The summed E-state index contributed by atoms with van der Waals surface area (Å²) in [4.78, 5) is 33.2. The van der Waals surface area contributed by atoms with Crippen molar-refractivity contribution in [2.24, 2.45) is 0 Å². The number of hydrogen-bond acceptors (Lipinski definition) is 5. The monoisotopic (exact) mass is 389 g/mol. The number of rotatable bonds is 6. The van der Waals surface area contributed by atoms with E-state index in [-0.39, 0.29) is 16.7 Å². The molecule has 2 fully saturated rings. The molecule has 7 heteroatoms. The van der Waals surface area contributed by atoms with Crippen LogP contribution in [-0.2, 0) is 11.3 Å². The minimum absolute atomic E-state index is 0.00127. The normalized spacial score (nSPS) is 18.4. The van der Waals surface area contributed by atoms with Gasteiger partial charge in [0.15, 0.2) is 5.16 Å². The topological polar surface area (TPSA) is 55.2 Å². The molecule has 2 aromatic rings. The second-order valence-corrected chi connectivity index (χ2v) is 9.20. The standard InChI is InChI=1S/C19H23N3O2S2/c1-3-8-22-18(24)15-14(13-6-7-13)11-25-16(15)20-19(22)26-12(2)17(23)21-9-4-5-10-21/h3,11-13H,1,4-10H2,2H3/t12-/m0/s1. The SMILES string of the molecule is C=CCn1c(S[C@@H](C)C(=O)N2CCCC2)nc2scc(C3CC3)c2c1=O. The number of carbonyl (C=O) groups is 1. The lowest BCUT2D eigenvalue weighted by Crippen LogP contribution is -2.34. The molecule has 0 bridgehead atoms. The summed E-state index contributed by atoms with van der Waals surface area (Å²) in [6, 6.07) is 0. The minimum Gasteiger partial charge on any atom is -0.342 e. The lowest BCUT2D eigenvalue weighted by atomic mass is 10.1. The van der Waals surface area contributed by atoms with Gasteiger partial charge >= 0.3 is 0 Å². The van der Waals surface area contributed by atoms with Gasteiger partial charge in [-0.15, -0.1) is 17.9 Å². The van der Waals surface area contributed by atoms with Crippen LogP contribution < -0.4 is 5.56 Å². The summed E-state index contributed by atoms with van der Waals surface area (Å²) in [6.45, 7) is 7.78. The lowest BCUT2D eigenvalue weighted by molar-refractivity contribution is -0.129. The van der Waals surface area contributed by atoms with Gasteiger partial charge in [-0.2, -0.15) is 0 Å². The molecule has 0 N–H and O–H groups in total. The highest BCUT2D eigenvalue weighted by Gasteiger charge is 2.30. The van der Waals surface area contributed by atoms with Gasteiger partial charge in [0.1, 0.15) is 4.83 Å². The highest BCUT2D eigenvalue weighted by Crippen LogP contribution is 2.44. The molecular formula is C19H23N3O2S2. The predicted molar refractivity (Wildman–Crippen MR) is 107 cm³/mol. The molecule has 4 rings (SSSR count). The second-order valence-electron chi connectivity index (χ2n) is 7.04. The van der Waals surface area contributed by atoms with E-state index in [2.05, 4.69) is 12.0 Å². The summed E-state index contributed by atoms with van der Waals surface area (Å²) in [5, 5.41) is 3.22. The number of fused-ring (bicyclic) bond motifs is 1. The zero-order chi connectivity index (χ0) is 18.3. The fraction of sp³-hybridized carbons (Fsp3) is 0.526. The molecule has 5 nitrogen and oxygen atoms in total. The minimum atomic E-state index is -0.253. The Kier molecular flexibility index (Phi) is 4.92. The molecule has 1 amide bonds. The van der Waals surface area contributed by atoms with Crippen LogP contribution in [0.1, 0.15) is 44.1 Å². The van der Waals surface area contributed by atoms with E-state index in [1.807, 2.05) is 11.8 Å². The van der Waals surface area contributed by atoms with Crippen molar-refractivity contribution in [3.05, 3.63) is 34.0 Å². The molecule has 2 aliphatic rings. The molecule has 1 aliphatic carbocycles. The molecule has 0 aromatic carbocycles. The number of aromatic nitrogens is 2. The largest absolute Gasteiger partial charge is 0.342 e. The Morgan fingerprint density at radius 2 is 2.19 bits per heavy atom. The quantitative estimate of drug-likeness (QED) is 0.430. The van der Waals surface area contributed by atoms with Gasteiger partial charge < -0.3 is 4.90 Å². The maximum atomic E-state index is 13.1. The van der Waals surface area contributed by atoms with Crippen molar-refractivity contribution in [1.29, 1.82) is 0 Å². The average Bonchev–Trinajstić information content (AvgIpc) is 3.16. The van der Waals surface area contributed by atoms with Crippen LogP contribution >= 0.6 is 23.1 Å². The van der Waals surface area contributed by atoms with Gasteiger partial charge in [0.05, 0.1) is 10.6 Å². The first-order chi connectivity index (χ1) is 12.6. The van der Waals surface area contributed by atoms with Crippen molar-refractivity contribution in [3.63, 3.8) is 0 Å². The summed E-state index contributed by atoms with van der Waals surface area (Å²) < 4.78 is 1.67. The Bertz CT molecular complexity index is 907. The van der Waals surface area contributed by atoms with Crippen molar-refractivity contribution < 1.29 is 4.79 Å². The predicted octanol–water partition coefficient (Wildman–Crippen LogP) is 3.62. The molecule has 26 heavy (non-hydrogen) atoms. The van der Waals surface area contributed by atoms with E-state index in [4.69, 9.17) is 4.98 Å². The number of carbonyl (C=O) groups excluding carboxylic acids is 1. The Labute approximate surface area is 161 Å². The number of hydrogen-bond donors (Lipinski definition) is 0. The zero-order valence-corrected chi connectivity index (χ0v) is 16.6. The van der Waals surface area contributed by atoms with Gasteiger partial charge in [-0.1, -0.05) is 17.8 Å². The third-order valence-electron chi connectivity index (χ3n) is 5.06. The molecule has 1 atom stereocenters. The van der Waals surface area contributed by atoms with Crippen LogP contribution in [0.3, 0.4) is 0 Å². The van der Waals surface area contributed by atoms with Crippen molar-refractivity contribution in [2.75, 3.05) is 13.1 Å². The summed E-state index contributed by atoms with van der Waals surface area (Å²) in [5.41, 5.74) is 1.15. The Hall–Kier alpha value is -1.60. The molecule has 1 aliphatic heterocycles. The lowest BCUT2D eigenvalue weighted by Gasteiger charge is -2.20. The third kappa shape index (κ3) is 3.22. The van der Waals surface area contributed by atoms with Gasteiger partial charge in [0.2, 0.25) is 5.91 Å². The highest BCUT2D eigenvalue weighted by molar-refractivity contribution is 8.00. The van der Waals surface area contributed by atoms with Gasteiger partial charge in [-0.25, -0.2) is 4.98 Å². The number of thiophene rings is 1. The molecule has 2 aromatic heterocycles. The number of likely N-dealkylation sites (tertiary alicyclic amines) is 1. The molecule has 1 saturated carbocycles. The van der Waals surface area contributed by atoms with Gasteiger partial charge in [-0.3, -0.25) is 14.2 Å². The Morgan fingerprint density at radius 3 is 2.85 bits per heavy atom. The van der Waals surface area contributed by atoms with Crippen LogP contribution in [0.15, 0.2) is 28.0 Å². The van der Waals surface area contributed by atoms with Crippen molar-refractivity contribution in [3.8, 4) is 0 Å². The van der Waals surface area contributed by atoms with Crippen LogP contribution in [0.5, 0.6) is 0 Å². The van der Waals surface area contributed by atoms with Gasteiger partial charge in [0, 0.05) is 19.6 Å².